The normalized spacial score (nSPS) is 22.6. The standard InChI is InChI=1S/C33H45N3O6Si/c1-33(2,3)43(4,5)42-21-25(20-29(37)38)34-31(40)28-16-10-14-26-13-8-9-15-27(32(41)36(26)28)35-30(39)24-18-17-22-11-6-7-12-23(22)19-24/h6-9,11-12,17-19,25-28H,10,13-16,20-21H2,1-5H3,(H,34,40)(H,35,39)(H,37,38)/b9-8-/t25-,26-,27-,28-/m0/s1. The van der Waals surface area contributed by atoms with E-state index in [1.54, 1.807) is 11.0 Å². The summed E-state index contributed by atoms with van der Waals surface area (Å²) in [5, 5.41) is 17.3. The van der Waals surface area contributed by atoms with Gasteiger partial charge >= 0.3 is 5.97 Å². The van der Waals surface area contributed by atoms with Crippen molar-refractivity contribution in [1.82, 2.24) is 15.5 Å². The monoisotopic (exact) mass is 607 g/mol. The lowest BCUT2D eigenvalue weighted by Gasteiger charge is -2.44. The average Bonchev–Trinajstić information content (AvgIpc) is 2.94. The summed E-state index contributed by atoms with van der Waals surface area (Å²) in [6, 6.07) is 10.7. The number of carboxylic acid groups (broad SMARTS) is 1. The third kappa shape index (κ3) is 7.91. The van der Waals surface area contributed by atoms with Gasteiger partial charge in [0.05, 0.1) is 19.1 Å². The molecule has 2 aromatic carbocycles. The van der Waals surface area contributed by atoms with Crippen molar-refractivity contribution in [3.05, 3.63) is 60.2 Å². The molecule has 0 unspecified atom stereocenters. The van der Waals surface area contributed by atoms with Crippen LogP contribution in [0.2, 0.25) is 18.1 Å². The lowest BCUT2D eigenvalue weighted by Crippen LogP contribution is -2.62. The molecule has 2 aliphatic heterocycles. The molecule has 3 N–H and O–H groups in total. The minimum absolute atomic E-state index is 0.0713. The fourth-order valence-electron chi connectivity index (χ4n) is 5.55. The number of carboxylic acids is 1. The number of nitrogens with one attached hydrogen (secondary N) is 2. The number of benzene rings is 2. The van der Waals surface area contributed by atoms with Crippen LogP contribution in [0.15, 0.2) is 54.6 Å². The third-order valence-corrected chi connectivity index (χ3v) is 13.6. The summed E-state index contributed by atoms with van der Waals surface area (Å²) in [4.78, 5) is 54.4. The first kappa shape index (κ1) is 32.4. The minimum atomic E-state index is -2.19. The van der Waals surface area contributed by atoms with Gasteiger partial charge in [-0.1, -0.05) is 63.3 Å². The van der Waals surface area contributed by atoms with Gasteiger partial charge in [0, 0.05) is 11.6 Å². The van der Waals surface area contributed by atoms with Crippen LogP contribution in [0.4, 0.5) is 0 Å². The van der Waals surface area contributed by atoms with Crippen molar-refractivity contribution in [2.24, 2.45) is 0 Å². The molecule has 0 aromatic heterocycles. The number of fused-ring (bicyclic) bond motifs is 2. The van der Waals surface area contributed by atoms with E-state index in [0.717, 1.165) is 23.6 Å². The van der Waals surface area contributed by atoms with Gasteiger partial charge in [0.1, 0.15) is 12.1 Å². The van der Waals surface area contributed by atoms with Crippen LogP contribution in [0.25, 0.3) is 10.8 Å². The maximum atomic E-state index is 14.0. The molecule has 0 bridgehead atoms. The Labute approximate surface area is 255 Å². The molecule has 4 atom stereocenters. The molecule has 0 saturated carbocycles. The molecule has 2 aromatic rings. The fraction of sp³-hybridized carbons (Fsp3) is 0.515. The van der Waals surface area contributed by atoms with Gasteiger partial charge in [-0.3, -0.25) is 19.2 Å². The van der Waals surface area contributed by atoms with E-state index in [1.807, 2.05) is 48.6 Å². The molecule has 232 valence electrons. The van der Waals surface area contributed by atoms with Crippen LogP contribution >= 0.6 is 0 Å². The number of rotatable bonds is 9. The lowest BCUT2D eigenvalue weighted by molar-refractivity contribution is -0.148. The van der Waals surface area contributed by atoms with Gasteiger partial charge in [0.15, 0.2) is 8.32 Å². The molecule has 2 heterocycles. The van der Waals surface area contributed by atoms with E-state index in [2.05, 4.69) is 44.5 Å². The Kier molecular flexibility index (Phi) is 10.1. The second-order valence-corrected chi connectivity index (χ2v) is 18.1. The Morgan fingerprint density at radius 3 is 2.44 bits per heavy atom. The molecule has 43 heavy (non-hydrogen) atoms. The SMILES string of the molecule is CC(C)(C)[Si](C)(C)OC[C@H](CC(=O)O)NC(=O)[C@@H]1CCC[C@@H]2C/C=C\C[C@H](NC(=O)c3ccc4ccccc4c3)C(=O)N21. The number of nitrogens with zero attached hydrogens (tertiary/aromatic N) is 1. The number of hydrogen-bond donors (Lipinski definition) is 3. The van der Waals surface area contributed by atoms with Crippen LogP contribution in [0.5, 0.6) is 0 Å². The molecule has 0 spiro atoms. The third-order valence-electron chi connectivity index (χ3n) is 9.08. The van der Waals surface area contributed by atoms with Crippen molar-refractivity contribution >= 4 is 42.8 Å². The van der Waals surface area contributed by atoms with Gasteiger partial charge in [0.25, 0.3) is 5.91 Å². The highest BCUT2D eigenvalue weighted by atomic mass is 28.4. The van der Waals surface area contributed by atoms with Gasteiger partial charge in [-0.25, -0.2) is 0 Å². The van der Waals surface area contributed by atoms with E-state index in [-0.39, 0.29) is 41.8 Å². The summed E-state index contributed by atoms with van der Waals surface area (Å²) in [7, 11) is -2.19. The van der Waals surface area contributed by atoms with Crippen molar-refractivity contribution in [3.63, 3.8) is 0 Å². The van der Waals surface area contributed by atoms with E-state index >= 15 is 0 Å². The second kappa shape index (κ2) is 13.4. The van der Waals surface area contributed by atoms with E-state index < -0.39 is 32.4 Å². The first-order chi connectivity index (χ1) is 20.3. The molecular weight excluding hydrogens is 562 g/mol. The predicted octanol–water partition coefficient (Wildman–Crippen LogP) is 5.02. The number of amides is 3. The van der Waals surface area contributed by atoms with E-state index in [1.165, 1.54) is 0 Å². The number of aliphatic carboxylic acids is 1. The molecule has 1 fully saturated rings. The minimum Gasteiger partial charge on any atom is -0.481 e. The number of carbonyl (C=O) groups excluding carboxylic acids is 3. The highest BCUT2D eigenvalue weighted by Crippen LogP contribution is 2.36. The van der Waals surface area contributed by atoms with Gasteiger partial charge in [-0.05, 0) is 73.1 Å². The highest BCUT2D eigenvalue weighted by molar-refractivity contribution is 6.74. The first-order valence-corrected chi connectivity index (χ1v) is 18.1. The molecule has 10 heteroatoms. The van der Waals surface area contributed by atoms with Gasteiger partial charge < -0.3 is 25.1 Å². The first-order valence-electron chi connectivity index (χ1n) is 15.2. The molecular formula is C33H45N3O6Si. The van der Waals surface area contributed by atoms with Crippen molar-refractivity contribution in [2.75, 3.05) is 6.61 Å². The Morgan fingerprint density at radius 1 is 1.05 bits per heavy atom. The smallest absolute Gasteiger partial charge is 0.305 e. The lowest BCUT2D eigenvalue weighted by atomic mass is 9.90. The maximum absolute atomic E-state index is 14.0. The van der Waals surface area contributed by atoms with Crippen LogP contribution < -0.4 is 10.6 Å². The summed E-state index contributed by atoms with van der Waals surface area (Å²) in [6.07, 6.45) is 6.57. The van der Waals surface area contributed by atoms with Crippen LogP contribution in [0, 0.1) is 0 Å². The zero-order valence-corrected chi connectivity index (χ0v) is 26.9. The van der Waals surface area contributed by atoms with E-state index in [4.69, 9.17) is 4.43 Å². The summed E-state index contributed by atoms with van der Waals surface area (Å²) in [5.74, 6) is -2.06. The Bertz CT molecular complexity index is 1380. The topological polar surface area (TPSA) is 125 Å². The predicted molar refractivity (Wildman–Crippen MR) is 169 cm³/mol. The van der Waals surface area contributed by atoms with Crippen molar-refractivity contribution in [2.45, 2.75) is 102 Å². The van der Waals surface area contributed by atoms with Crippen LogP contribution in [0.3, 0.4) is 0 Å². The number of carbonyl (C=O) groups is 4. The van der Waals surface area contributed by atoms with Crippen LogP contribution in [-0.2, 0) is 18.8 Å². The van der Waals surface area contributed by atoms with Crippen molar-refractivity contribution in [1.29, 1.82) is 0 Å². The summed E-state index contributed by atoms with van der Waals surface area (Å²) in [5.41, 5.74) is 0.459. The molecule has 2 aliphatic rings. The quantitative estimate of drug-likeness (QED) is 0.272. The summed E-state index contributed by atoms with van der Waals surface area (Å²) < 4.78 is 6.26. The molecule has 0 aliphatic carbocycles. The van der Waals surface area contributed by atoms with Crippen molar-refractivity contribution in [3.8, 4) is 0 Å². The second-order valence-electron chi connectivity index (χ2n) is 13.3. The molecule has 1 saturated heterocycles. The maximum Gasteiger partial charge on any atom is 0.305 e. The summed E-state index contributed by atoms with van der Waals surface area (Å²) >= 11 is 0. The van der Waals surface area contributed by atoms with Gasteiger partial charge in [-0.2, -0.15) is 0 Å². The molecule has 3 amide bonds. The average molecular weight is 608 g/mol. The number of hydrogen-bond acceptors (Lipinski definition) is 5. The largest absolute Gasteiger partial charge is 0.481 e. The van der Waals surface area contributed by atoms with E-state index in [0.29, 0.717) is 24.8 Å². The summed E-state index contributed by atoms with van der Waals surface area (Å²) in [6.45, 7) is 10.6. The van der Waals surface area contributed by atoms with Crippen molar-refractivity contribution < 1.29 is 28.7 Å². The highest BCUT2D eigenvalue weighted by Gasteiger charge is 2.42. The van der Waals surface area contributed by atoms with Gasteiger partial charge in [0.2, 0.25) is 11.8 Å². The zero-order chi connectivity index (χ0) is 31.4. The number of piperidine rings is 1. The van der Waals surface area contributed by atoms with Gasteiger partial charge in [-0.15, -0.1) is 0 Å². The Morgan fingerprint density at radius 2 is 1.74 bits per heavy atom. The molecule has 4 rings (SSSR count). The Hall–Kier alpha value is -3.50. The van der Waals surface area contributed by atoms with Crippen LogP contribution in [-0.4, -0.2) is 72.8 Å². The molecule has 9 nitrogen and oxygen atoms in total. The van der Waals surface area contributed by atoms with Crippen LogP contribution in [0.1, 0.15) is 69.7 Å². The molecule has 0 radical (unpaired) electrons. The zero-order valence-electron chi connectivity index (χ0n) is 25.9. The van der Waals surface area contributed by atoms with E-state index in [9.17, 15) is 24.3 Å². The Balaban J connectivity index is 1.51. The fourth-order valence-corrected chi connectivity index (χ4v) is 6.60.